The molecule has 23 aromatic carbocycles. The molecule has 1 aliphatic carbocycles. The van der Waals surface area contributed by atoms with Crippen LogP contribution in [0.2, 0.25) is 0 Å². The summed E-state index contributed by atoms with van der Waals surface area (Å²) in [6, 6.07) is 180. The van der Waals surface area contributed by atoms with E-state index in [1.165, 1.54) is 163 Å². The Morgan fingerprint density at radius 3 is 1.11 bits per heavy atom. The zero-order valence-corrected chi connectivity index (χ0v) is 74.1. The molecule has 0 spiro atoms. The number of benzene rings is 23. The van der Waals surface area contributed by atoms with Crippen molar-refractivity contribution in [2.75, 3.05) is 30.2 Å². The maximum Gasteiger partial charge on any atom is 0.0544 e. The molecule has 2 N–H and O–H groups in total. The van der Waals surface area contributed by atoms with Gasteiger partial charge in [-0.3, -0.25) is 0 Å². The van der Waals surface area contributed by atoms with Crippen LogP contribution in [0.5, 0.6) is 0 Å². The summed E-state index contributed by atoms with van der Waals surface area (Å²) >= 11 is 1.86. The van der Waals surface area contributed by atoms with Gasteiger partial charge in [-0.05, 0) is 287 Å². The first kappa shape index (κ1) is 78.9. The summed E-state index contributed by atoms with van der Waals surface area (Å²) in [5.74, 6) is 0. The van der Waals surface area contributed by atoms with Crippen molar-refractivity contribution in [3.8, 4) is 55.6 Å². The zero-order chi connectivity index (χ0) is 88.5. The Labute approximate surface area is 782 Å². The average Bonchev–Trinajstić information content (AvgIpc) is 1.09. The summed E-state index contributed by atoms with van der Waals surface area (Å²) in [6.07, 6.45) is 0.974. The minimum atomic E-state index is 0.974. The lowest BCUT2D eigenvalue weighted by Crippen LogP contribution is -2.09. The van der Waals surface area contributed by atoms with Crippen LogP contribution in [0, 0.1) is 0 Å². The first-order valence-corrected chi connectivity index (χ1v) is 46.8. The van der Waals surface area contributed by atoms with Crippen LogP contribution in [0.4, 0.5) is 91.0 Å². The predicted octanol–water partition coefficient (Wildman–Crippen LogP) is 36.6. The summed E-state index contributed by atoms with van der Waals surface area (Å²) in [6.45, 7) is 0. The van der Waals surface area contributed by atoms with Gasteiger partial charge in [0.25, 0.3) is 0 Å². The molecule has 630 valence electrons. The highest BCUT2D eigenvalue weighted by Gasteiger charge is 2.28. The lowest BCUT2D eigenvalue weighted by Gasteiger charge is -2.27. The molecule has 7 heteroatoms. The largest absolute Gasteiger partial charge is 0.354 e. The molecule has 1 aromatic heterocycles. The smallest absolute Gasteiger partial charge is 0.0544 e. The minimum Gasteiger partial charge on any atom is -0.354 e. The number of fused-ring (bicyclic) bond motifs is 15. The number of hydrogen-bond donors (Lipinski definition) is 2. The van der Waals surface area contributed by atoms with E-state index in [1.807, 2.05) is 11.3 Å². The third-order valence-electron chi connectivity index (χ3n) is 26.9. The molecule has 0 bridgehead atoms. The first-order chi connectivity index (χ1) is 66.4. The zero-order valence-electron chi connectivity index (χ0n) is 73.2. The molecule has 0 fully saturated rings. The van der Waals surface area contributed by atoms with Crippen LogP contribution in [0.3, 0.4) is 0 Å². The molecule has 6 nitrogen and oxygen atoms in total. The fraction of sp³-hybridized carbons (Fsp3) is 0.00787. The highest BCUT2D eigenvalue weighted by molar-refractivity contribution is 7.25. The number of nitrogens with one attached hydrogen (secondary N) is 2. The van der Waals surface area contributed by atoms with Gasteiger partial charge in [0.2, 0.25) is 0 Å². The molecule has 24 aromatic rings. The minimum absolute atomic E-state index is 0.974. The summed E-state index contributed by atoms with van der Waals surface area (Å²) in [7, 11) is 0. The molecule has 0 saturated heterocycles. The van der Waals surface area contributed by atoms with Crippen molar-refractivity contribution in [2.24, 2.45) is 0 Å². The van der Waals surface area contributed by atoms with Gasteiger partial charge in [-0.2, -0.15) is 0 Å². The molecule has 0 amide bonds. The van der Waals surface area contributed by atoms with Crippen LogP contribution in [0.15, 0.2) is 497 Å². The van der Waals surface area contributed by atoms with Crippen LogP contribution in [-0.4, -0.2) is 0 Å². The topological polar surface area (TPSA) is 37.0 Å². The lowest BCUT2D eigenvalue weighted by atomic mass is 9.81. The van der Waals surface area contributed by atoms with Crippen molar-refractivity contribution in [2.45, 2.75) is 6.42 Å². The van der Waals surface area contributed by atoms with E-state index in [2.05, 4.69) is 528 Å². The van der Waals surface area contributed by atoms with Gasteiger partial charge in [-0.1, -0.05) is 315 Å². The summed E-state index contributed by atoms with van der Waals surface area (Å²) in [5, 5.41) is 25.6. The Morgan fingerprint density at radius 2 is 0.552 bits per heavy atom. The van der Waals surface area contributed by atoms with E-state index in [4.69, 9.17) is 0 Å². The average molecular weight is 1730 g/mol. The summed E-state index contributed by atoms with van der Waals surface area (Å²) < 4.78 is 2.60. The number of rotatable bonds is 14. The van der Waals surface area contributed by atoms with Gasteiger partial charge in [0.1, 0.15) is 0 Å². The van der Waals surface area contributed by atoms with E-state index >= 15 is 0 Å². The fourth-order valence-electron chi connectivity index (χ4n) is 20.8. The van der Waals surface area contributed by atoms with E-state index in [0.29, 0.717) is 0 Å². The van der Waals surface area contributed by atoms with Crippen LogP contribution in [0.25, 0.3) is 140 Å². The van der Waals surface area contributed by atoms with Gasteiger partial charge >= 0.3 is 0 Å². The van der Waals surface area contributed by atoms with Crippen LogP contribution in [-0.2, 0) is 6.42 Å². The van der Waals surface area contributed by atoms with Crippen molar-refractivity contribution in [1.82, 2.24) is 0 Å². The maximum atomic E-state index is 3.88. The molecule has 134 heavy (non-hydrogen) atoms. The molecular formula is C127H86N6S. The second-order valence-electron chi connectivity index (χ2n) is 34.7. The van der Waals surface area contributed by atoms with Gasteiger partial charge in [0.15, 0.2) is 0 Å². The van der Waals surface area contributed by atoms with Gasteiger partial charge in [0, 0.05) is 132 Å². The standard InChI is InChI=1S/C50H35N3.C44H28N2S.C33H23N/c1-5-14-37(15-6-1)52(38-16-7-2-8-17-38)41-27-24-35(25-28-41)43-32-33-46-47-30-26-36-34-42(53(39-18-9-3-10-19-39)40-20-11-4-12-21-40)29-31-44(36)50(47)51-48-23-13-22-45(43)49(46)48;1-3-12-32(13-4-1)46(33-14-5-2-6-15-33)34-20-23-42-39(27-34)38-25-29(19-22-41(38)47-42)31-24-30-11-9-17-36-37-21-18-28-10-7-8-16-35(28)44(37)45-40(26-31)43(30)36;1-3-12-26(13-4-1)34(27-14-5-2-6-15-27)28-18-20-29-24(21-28)17-19-30-31-16-8-10-23-9-7-11-25(33(23)31)22-32(29)30/h1-34,51H;1-27,45H;1-21H,22H2. The Balaban J connectivity index is 0.000000110. The molecule has 3 aliphatic rings. The number of hydrogen-bond acceptors (Lipinski definition) is 7. The Kier molecular flexibility index (Phi) is 19.8. The highest BCUT2D eigenvalue weighted by atomic mass is 32.1. The molecule has 0 unspecified atom stereocenters. The van der Waals surface area contributed by atoms with Crippen molar-refractivity contribution in [3.63, 3.8) is 0 Å². The number of para-hydroxylation sites is 8. The third kappa shape index (κ3) is 14.1. The Morgan fingerprint density at radius 1 is 0.179 bits per heavy atom. The SMILES string of the molecule is c1ccc(N(c2ccccc2)c2ccc(-c3ccc4c5c(cccc35)Nc3c-4ccc4cc(N(c5ccccc5)c5ccccc5)ccc34)cc2)cc1.c1ccc(N(c2ccccc2)c2ccc3c4c(ccc3c2)-c2cccc3cccc(c23)C4)cc1.c1ccc(N(c2ccccc2)c2ccc3sc4ccc(-c5cc6c7c(cccc7c5)-c5ccc7ccccc7c5N6)cc4c3c2)cc1. The predicted molar refractivity (Wildman–Crippen MR) is 573 cm³/mol. The van der Waals surface area contributed by atoms with Crippen molar-refractivity contribution in [3.05, 3.63) is 509 Å². The molecule has 0 radical (unpaired) electrons. The molecule has 3 heterocycles. The van der Waals surface area contributed by atoms with E-state index in [1.54, 1.807) is 0 Å². The molecule has 27 rings (SSSR count). The van der Waals surface area contributed by atoms with E-state index in [9.17, 15) is 0 Å². The monoisotopic (exact) mass is 1730 g/mol. The third-order valence-corrected chi connectivity index (χ3v) is 28.1. The van der Waals surface area contributed by atoms with Crippen LogP contribution >= 0.6 is 11.3 Å². The van der Waals surface area contributed by atoms with Crippen LogP contribution < -0.4 is 30.2 Å². The van der Waals surface area contributed by atoms with E-state index in [-0.39, 0.29) is 0 Å². The van der Waals surface area contributed by atoms with Crippen molar-refractivity contribution in [1.29, 1.82) is 0 Å². The summed E-state index contributed by atoms with van der Waals surface area (Å²) in [4.78, 5) is 9.29. The van der Waals surface area contributed by atoms with Crippen molar-refractivity contribution >= 4 is 187 Å². The van der Waals surface area contributed by atoms with Gasteiger partial charge in [-0.15, -0.1) is 11.3 Å². The molecule has 0 atom stereocenters. The molecule has 2 aliphatic heterocycles. The van der Waals surface area contributed by atoms with Gasteiger partial charge in [-0.25, -0.2) is 0 Å². The second-order valence-corrected chi connectivity index (χ2v) is 35.8. The Bertz CT molecular complexity index is 8470. The van der Waals surface area contributed by atoms with Gasteiger partial charge < -0.3 is 30.2 Å². The fourth-order valence-corrected chi connectivity index (χ4v) is 21.9. The van der Waals surface area contributed by atoms with Gasteiger partial charge in [0.05, 0.1) is 11.4 Å². The van der Waals surface area contributed by atoms with Crippen LogP contribution in [0.1, 0.15) is 11.1 Å². The Hall–Kier alpha value is -17.4. The van der Waals surface area contributed by atoms with E-state index in [0.717, 1.165) is 86.0 Å². The number of nitrogens with zero attached hydrogens (tertiary/aromatic N) is 4. The van der Waals surface area contributed by atoms with Crippen molar-refractivity contribution < 1.29 is 0 Å². The first-order valence-electron chi connectivity index (χ1n) is 46.0. The van der Waals surface area contributed by atoms with E-state index < -0.39 is 0 Å². The highest BCUT2D eigenvalue weighted by Crippen LogP contribution is 2.54. The second kappa shape index (κ2) is 33.6. The number of thiophene rings is 1. The summed E-state index contributed by atoms with van der Waals surface area (Å²) in [5.41, 5.74) is 33.8. The lowest BCUT2D eigenvalue weighted by molar-refractivity contribution is 1.22. The molecular weight excluding hydrogens is 1640 g/mol. The normalized spacial score (nSPS) is 11.8. The quantitative estimate of drug-likeness (QED) is 0.113. The maximum absolute atomic E-state index is 3.88. The number of anilines is 16. The molecule has 0 saturated carbocycles.